The maximum Gasteiger partial charge on any atom is 0.313 e. The molecule has 1 aromatic heterocycles. The molecule has 2 heterocycles. The van der Waals surface area contributed by atoms with Crippen molar-refractivity contribution >= 4 is 52.1 Å². The maximum absolute atomic E-state index is 12.2. The van der Waals surface area contributed by atoms with Crippen LogP contribution in [0.1, 0.15) is 16.0 Å². The van der Waals surface area contributed by atoms with E-state index < -0.39 is 11.8 Å². The van der Waals surface area contributed by atoms with Crippen LogP contribution in [0.2, 0.25) is 0 Å². The summed E-state index contributed by atoms with van der Waals surface area (Å²) >= 11 is 3.79. The van der Waals surface area contributed by atoms with E-state index in [0.29, 0.717) is 16.1 Å². The number of hydrogen-bond acceptors (Lipinski definition) is 5. The Labute approximate surface area is 164 Å². The summed E-state index contributed by atoms with van der Waals surface area (Å²) in [6.07, 6.45) is 0. The molecule has 1 aliphatic heterocycles. The van der Waals surface area contributed by atoms with Gasteiger partial charge in [-0.3, -0.25) is 9.59 Å². The van der Waals surface area contributed by atoms with Crippen molar-refractivity contribution in [3.63, 3.8) is 0 Å². The Balaban J connectivity index is 1.35. The van der Waals surface area contributed by atoms with E-state index in [2.05, 4.69) is 20.6 Å². The minimum Gasteiger partial charge on any atom is -0.341 e. The van der Waals surface area contributed by atoms with Crippen LogP contribution < -0.4 is 10.6 Å². The summed E-state index contributed by atoms with van der Waals surface area (Å²) in [4.78, 5) is 31.8. The Morgan fingerprint density at radius 2 is 1.89 bits per heavy atom. The Bertz CT molecular complexity index is 950. The molecule has 2 aromatic carbocycles. The minimum atomic E-state index is -0.689. The summed E-state index contributed by atoms with van der Waals surface area (Å²) in [5.41, 5.74) is 3.50. The molecular weight excluding hydrogens is 380 g/mol. The molecule has 1 fully saturated rings. The molecule has 0 unspecified atom stereocenters. The van der Waals surface area contributed by atoms with E-state index in [1.807, 2.05) is 66.0 Å². The highest BCUT2D eigenvalue weighted by Crippen LogP contribution is 2.45. The number of benzene rings is 2. The zero-order valence-corrected chi connectivity index (χ0v) is 16.0. The van der Waals surface area contributed by atoms with E-state index in [-0.39, 0.29) is 6.54 Å². The topological polar surface area (TPSA) is 86.9 Å². The maximum atomic E-state index is 12.2. The monoisotopic (exact) mass is 398 g/mol. The number of rotatable bonds is 4. The number of fused-ring (bicyclic) bond motifs is 1. The van der Waals surface area contributed by atoms with Gasteiger partial charge in [0.05, 0.1) is 22.2 Å². The van der Waals surface area contributed by atoms with Gasteiger partial charge in [-0.05, 0) is 29.8 Å². The number of amides is 2. The molecule has 1 aliphatic rings. The number of nitrogens with one attached hydrogen (secondary N) is 3. The lowest BCUT2D eigenvalue weighted by Gasteiger charge is -2.11. The summed E-state index contributed by atoms with van der Waals surface area (Å²) < 4.78 is 0.392. The average molecular weight is 399 g/mol. The van der Waals surface area contributed by atoms with E-state index in [4.69, 9.17) is 0 Å². The first kappa shape index (κ1) is 17.9. The van der Waals surface area contributed by atoms with Crippen molar-refractivity contribution in [2.24, 2.45) is 0 Å². The number of nitrogens with zero attached hydrogens (tertiary/aromatic N) is 1. The number of anilines is 1. The van der Waals surface area contributed by atoms with E-state index in [9.17, 15) is 9.59 Å². The van der Waals surface area contributed by atoms with Crippen molar-refractivity contribution in [3.05, 3.63) is 59.9 Å². The first-order chi connectivity index (χ1) is 13.2. The van der Waals surface area contributed by atoms with Crippen LogP contribution in [0, 0.1) is 0 Å². The quantitative estimate of drug-likeness (QED) is 0.587. The summed E-state index contributed by atoms with van der Waals surface area (Å²) in [5, 5.41) is 5.27. The van der Waals surface area contributed by atoms with E-state index in [1.54, 1.807) is 6.07 Å². The summed E-state index contributed by atoms with van der Waals surface area (Å²) in [6.45, 7) is 0.163. The zero-order chi connectivity index (χ0) is 18.6. The fourth-order valence-corrected chi connectivity index (χ4v) is 5.67. The number of imidazole rings is 1. The lowest BCUT2D eigenvalue weighted by molar-refractivity contribution is -0.136. The lowest BCUT2D eigenvalue weighted by Crippen LogP contribution is -2.35. The fourth-order valence-electron chi connectivity index (χ4n) is 2.84. The SMILES string of the molecule is O=C(NCc1nc2ccccc2[nH]1)C(=O)Nc1cccc(C2SCCS2)c1. The highest BCUT2D eigenvalue weighted by molar-refractivity contribution is 8.19. The van der Waals surface area contributed by atoms with Gasteiger partial charge in [-0.1, -0.05) is 24.3 Å². The predicted molar refractivity (Wildman–Crippen MR) is 111 cm³/mol. The van der Waals surface area contributed by atoms with Crippen molar-refractivity contribution in [2.75, 3.05) is 16.8 Å². The Kier molecular flexibility index (Phi) is 5.35. The van der Waals surface area contributed by atoms with Gasteiger partial charge >= 0.3 is 11.8 Å². The number of para-hydroxylation sites is 2. The molecule has 138 valence electrons. The Morgan fingerprint density at radius 1 is 1.07 bits per heavy atom. The predicted octanol–water partition coefficient (Wildman–Crippen LogP) is 3.30. The highest BCUT2D eigenvalue weighted by Gasteiger charge is 2.19. The fraction of sp³-hybridized carbons (Fsp3) is 0.211. The number of thioether (sulfide) groups is 2. The van der Waals surface area contributed by atoms with Crippen molar-refractivity contribution in [3.8, 4) is 0 Å². The van der Waals surface area contributed by atoms with Gasteiger partial charge in [0, 0.05) is 17.2 Å². The molecule has 0 bridgehead atoms. The van der Waals surface area contributed by atoms with Gasteiger partial charge in [-0.2, -0.15) is 0 Å². The lowest BCUT2D eigenvalue weighted by atomic mass is 10.2. The third kappa shape index (κ3) is 4.28. The average Bonchev–Trinajstić information content (AvgIpc) is 3.35. The highest BCUT2D eigenvalue weighted by atomic mass is 32.2. The second-order valence-corrected chi connectivity index (χ2v) is 8.76. The van der Waals surface area contributed by atoms with Crippen LogP contribution in [0.5, 0.6) is 0 Å². The number of aromatic nitrogens is 2. The molecular formula is C19H18N4O2S2. The van der Waals surface area contributed by atoms with Crippen LogP contribution in [0.25, 0.3) is 11.0 Å². The first-order valence-corrected chi connectivity index (χ1v) is 10.6. The second-order valence-electron chi connectivity index (χ2n) is 6.04. The molecule has 0 atom stereocenters. The van der Waals surface area contributed by atoms with Crippen molar-refractivity contribution in [1.29, 1.82) is 0 Å². The number of carbonyl (C=O) groups excluding carboxylic acids is 2. The van der Waals surface area contributed by atoms with E-state index in [1.165, 1.54) is 0 Å². The number of carbonyl (C=O) groups is 2. The van der Waals surface area contributed by atoms with Crippen molar-refractivity contribution in [2.45, 2.75) is 11.1 Å². The van der Waals surface area contributed by atoms with E-state index in [0.717, 1.165) is 28.1 Å². The van der Waals surface area contributed by atoms with Crippen molar-refractivity contribution < 1.29 is 9.59 Å². The molecule has 3 N–H and O–H groups in total. The van der Waals surface area contributed by atoms with Crippen molar-refractivity contribution in [1.82, 2.24) is 15.3 Å². The third-order valence-electron chi connectivity index (χ3n) is 4.10. The Morgan fingerprint density at radius 3 is 2.70 bits per heavy atom. The second kappa shape index (κ2) is 8.06. The molecule has 27 heavy (non-hydrogen) atoms. The van der Waals surface area contributed by atoms with Crippen LogP contribution in [0.15, 0.2) is 48.5 Å². The van der Waals surface area contributed by atoms with Gasteiger partial charge in [0.25, 0.3) is 0 Å². The molecule has 0 saturated carbocycles. The van der Waals surface area contributed by atoms with Crippen LogP contribution in [0.3, 0.4) is 0 Å². The normalized spacial score (nSPS) is 14.4. The van der Waals surface area contributed by atoms with Gasteiger partial charge in [-0.15, -0.1) is 23.5 Å². The summed E-state index contributed by atoms with van der Waals surface area (Å²) in [6, 6.07) is 15.3. The van der Waals surface area contributed by atoms with E-state index >= 15 is 0 Å². The standard InChI is InChI=1S/C19H18N4O2S2/c24-17(20-11-16-22-14-6-1-2-7-15(14)23-16)18(25)21-13-5-3-4-12(10-13)19-26-8-9-27-19/h1-7,10,19H,8-9,11H2,(H,20,24)(H,21,25)(H,22,23). The van der Waals surface area contributed by atoms with Gasteiger partial charge in [0.2, 0.25) is 0 Å². The number of hydrogen-bond donors (Lipinski definition) is 3. The van der Waals surface area contributed by atoms with Gasteiger partial charge in [0.1, 0.15) is 5.82 Å². The largest absolute Gasteiger partial charge is 0.341 e. The van der Waals surface area contributed by atoms with Crippen LogP contribution in [-0.2, 0) is 16.1 Å². The van der Waals surface area contributed by atoms with Crippen LogP contribution >= 0.6 is 23.5 Å². The molecule has 8 heteroatoms. The molecule has 0 radical (unpaired) electrons. The molecule has 0 aliphatic carbocycles. The molecule has 2 amide bonds. The minimum absolute atomic E-state index is 0.163. The number of H-pyrrole nitrogens is 1. The smallest absolute Gasteiger partial charge is 0.313 e. The van der Waals surface area contributed by atoms with Crippen LogP contribution in [-0.4, -0.2) is 33.3 Å². The van der Waals surface area contributed by atoms with Gasteiger partial charge in [-0.25, -0.2) is 4.98 Å². The zero-order valence-electron chi connectivity index (χ0n) is 14.4. The third-order valence-corrected chi connectivity index (χ3v) is 7.20. The summed E-state index contributed by atoms with van der Waals surface area (Å²) in [7, 11) is 0. The molecule has 3 aromatic rings. The molecule has 6 nitrogen and oxygen atoms in total. The van der Waals surface area contributed by atoms with Gasteiger partial charge < -0.3 is 15.6 Å². The summed E-state index contributed by atoms with van der Waals surface area (Å²) in [5.74, 6) is 1.50. The Hall–Kier alpha value is -2.45. The van der Waals surface area contributed by atoms with Crippen LogP contribution in [0.4, 0.5) is 5.69 Å². The number of aromatic amines is 1. The molecule has 4 rings (SSSR count). The first-order valence-electron chi connectivity index (χ1n) is 8.55. The van der Waals surface area contributed by atoms with Gasteiger partial charge in [0.15, 0.2) is 0 Å². The molecule has 0 spiro atoms. The molecule has 1 saturated heterocycles.